The van der Waals surface area contributed by atoms with Crippen molar-refractivity contribution in [3.8, 4) is 0 Å². The molecule has 1 aliphatic heterocycles. The number of ether oxygens (including phenoxy) is 1. The van der Waals surface area contributed by atoms with E-state index < -0.39 is 15.9 Å². The Morgan fingerprint density at radius 3 is 2.77 bits per heavy atom. The maximum Gasteiger partial charge on any atom is 0.253 e. The fraction of sp³-hybridized carbons (Fsp3) is 0.375. The molecule has 3 rings (SSSR count). The number of carbonyl (C=O) groups excluding carboxylic acids is 1. The monoisotopic (exact) mass is 415 g/mol. The van der Waals surface area contributed by atoms with Crippen molar-refractivity contribution in [2.75, 3.05) is 26.3 Å². The third-order valence-electron chi connectivity index (χ3n) is 3.89. The number of halogens is 1. The first-order valence-electron chi connectivity index (χ1n) is 7.94. The molecule has 0 radical (unpaired) electrons. The summed E-state index contributed by atoms with van der Waals surface area (Å²) >= 11 is 7.60. The van der Waals surface area contributed by atoms with Gasteiger partial charge in [-0.3, -0.25) is 4.79 Å². The maximum atomic E-state index is 12.7. The summed E-state index contributed by atoms with van der Waals surface area (Å²) in [6.07, 6.45) is 0. The summed E-state index contributed by atoms with van der Waals surface area (Å²) in [5.74, 6) is -0.445. The third kappa shape index (κ3) is 4.24. The largest absolute Gasteiger partial charge is 0.379 e. The minimum atomic E-state index is -3.69. The maximum absolute atomic E-state index is 12.7. The minimum absolute atomic E-state index is 0.0402. The van der Waals surface area contributed by atoms with Crippen LogP contribution in [0.5, 0.6) is 0 Å². The van der Waals surface area contributed by atoms with Crippen molar-refractivity contribution in [3.63, 3.8) is 0 Å². The number of thiazole rings is 1. The van der Waals surface area contributed by atoms with E-state index in [9.17, 15) is 13.2 Å². The van der Waals surface area contributed by atoms with Crippen LogP contribution < -0.4 is 5.32 Å². The molecule has 140 valence electrons. The van der Waals surface area contributed by atoms with Gasteiger partial charge in [-0.2, -0.15) is 4.31 Å². The Balaban J connectivity index is 1.79. The number of aryl methyl sites for hydroxylation is 1. The highest BCUT2D eigenvalue weighted by atomic mass is 35.5. The number of rotatable bonds is 5. The number of benzene rings is 1. The number of hydrogen-bond donors (Lipinski definition) is 1. The van der Waals surface area contributed by atoms with Crippen molar-refractivity contribution in [1.29, 1.82) is 0 Å². The summed E-state index contributed by atoms with van der Waals surface area (Å²) in [6.45, 7) is 3.42. The summed E-state index contributed by atoms with van der Waals surface area (Å²) in [4.78, 5) is 16.8. The number of hydrogen-bond acceptors (Lipinski definition) is 6. The number of sulfonamides is 1. The molecule has 7 nitrogen and oxygen atoms in total. The second-order valence-corrected chi connectivity index (χ2v) is 9.11. The lowest BCUT2D eigenvalue weighted by molar-refractivity contribution is 0.0730. The number of aromatic nitrogens is 1. The fourth-order valence-corrected chi connectivity index (χ4v) is 4.78. The smallest absolute Gasteiger partial charge is 0.253 e. The van der Waals surface area contributed by atoms with Gasteiger partial charge in [0.25, 0.3) is 5.91 Å². The first-order valence-corrected chi connectivity index (χ1v) is 10.6. The van der Waals surface area contributed by atoms with Crippen LogP contribution in [0.2, 0.25) is 5.02 Å². The van der Waals surface area contributed by atoms with Crippen molar-refractivity contribution in [2.24, 2.45) is 0 Å². The summed E-state index contributed by atoms with van der Waals surface area (Å²) in [5.41, 5.74) is 0.863. The van der Waals surface area contributed by atoms with Crippen molar-refractivity contribution in [3.05, 3.63) is 44.9 Å². The van der Waals surface area contributed by atoms with E-state index in [1.165, 1.54) is 33.8 Å². The molecule has 0 aliphatic carbocycles. The van der Waals surface area contributed by atoms with E-state index in [-0.39, 0.29) is 35.1 Å². The van der Waals surface area contributed by atoms with Crippen LogP contribution in [0.15, 0.2) is 28.5 Å². The molecule has 0 saturated carbocycles. The number of nitrogens with zero attached hydrogens (tertiary/aromatic N) is 2. The molecule has 1 saturated heterocycles. The molecule has 1 N–H and O–H groups in total. The average Bonchev–Trinajstić information content (AvgIpc) is 3.06. The van der Waals surface area contributed by atoms with Crippen molar-refractivity contribution in [2.45, 2.75) is 18.4 Å². The van der Waals surface area contributed by atoms with E-state index in [4.69, 9.17) is 16.3 Å². The molecule has 1 aromatic heterocycles. The Morgan fingerprint density at radius 1 is 1.38 bits per heavy atom. The van der Waals surface area contributed by atoms with Crippen LogP contribution in [-0.2, 0) is 21.3 Å². The molecule has 0 bridgehead atoms. The van der Waals surface area contributed by atoms with Gasteiger partial charge in [-0.05, 0) is 25.1 Å². The van der Waals surface area contributed by atoms with Crippen LogP contribution in [0.3, 0.4) is 0 Å². The molecule has 2 aromatic rings. The molecule has 0 unspecified atom stereocenters. The predicted molar refractivity (Wildman–Crippen MR) is 99.1 cm³/mol. The predicted octanol–water partition coefficient (Wildman–Crippen LogP) is 2.06. The zero-order valence-electron chi connectivity index (χ0n) is 14.1. The van der Waals surface area contributed by atoms with Crippen LogP contribution in [0.1, 0.15) is 21.1 Å². The second kappa shape index (κ2) is 8.01. The van der Waals surface area contributed by atoms with E-state index in [2.05, 4.69) is 10.3 Å². The van der Waals surface area contributed by atoms with Gasteiger partial charge in [0.1, 0.15) is 0 Å². The van der Waals surface area contributed by atoms with Gasteiger partial charge < -0.3 is 10.1 Å². The van der Waals surface area contributed by atoms with Crippen LogP contribution >= 0.6 is 22.9 Å². The molecule has 1 aliphatic rings. The summed E-state index contributed by atoms with van der Waals surface area (Å²) in [6, 6.07) is 4.15. The first-order chi connectivity index (χ1) is 12.4. The number of amides is 1. The molecule has 1 fully saturated rings. The summed E-state index contributed by atoms with van der Waals surface area (Å²) < 4.78 is 32.0. The van der Waals surface area contributed by atoms with Crippen LogP contribution in [0.25, 0.3) is 0 Å². The zero-order chi connectivity index (χ0) is 18.7. The molecule has 0 spiro atoms. The second-order valence-electron chi connectivity index (χ2n) is 5.70. The van der Waals surface area contributed by atoms with Crippen LogP contribution in [0.4, 0.5) is 0 Å². The average molecular weight is 416 g/mol. The Kier molecular flexibility index (Phi) is 5.93. The van der Waals surface area contributed by atoms with Gasteiger partial charge in [-0.25, -0.2) is 13.4 Å². The van der Waals surface area contributed by atoms with E-state index in [0.29, 0.717) is 13.2 Å². The quantitative estimate of drug-likeness (QED) is 0.807. The SMILES string of the molecule is Cc1nc(CNC(=O)c2cc(S(=O)(=O)N3CCOCC3)ccc2Cl)cs1. The lowest BCUT2D eigenvalue weighted by Crippen LogP contribution is -2.40. The Labute approximate surface area is 161 Å². The van der Waals surface area contributed by atoms with Crippen molar-refractivity contribution < 1.29 is 17.9 Å². The Morgan fingerprint density at radius 2 is 2.12 bits per heavy atom. The molecule has 1 aromatic carbocycles. The van der Waals surface area contributed by atoms with Gasteiger partial charge in [0.15, 0.2) is 0 Å². The van der Waals surface area contributed by atoms with E-state index in [1.54, 1.807) is 0 Å². The van der Waals surface area contributed by atoms with Crippen LogP contribution in [-0.4, -0.2) is 49.9 Å². The number of morpholine rings is 1. The van der Waals surface area contributed by atoms with Gasteiger partial charge in [0, 0.05) is 18.5 Å². The summed E-state index contributed by atoms with van der Waals surface area (Å²) in [7, 11) is -3.69. The van der Waals surface area contributed by atoms with Crippen LogP contribution in [0, 0.1) is 6.92 Å². The van der Waals surface area contributed by atoms with Gasteiger partial charge in [-0.15, -0.1) is 11.3 Å². The van der Waals surface area contributed by atoms with Gasteiger partial charge in [-0.1, -0.05) is 11.6 Å². The Hall–Kier alpha value is -1.52. The lowest BCUT2D eigenvalue weighted by Gasteiger charge is -2.26. The highest BCUT2D eigenvalue weighted by molar-refractivity contribution is 7.89. The molecule has 0 atom stereocenters. The number of nitrogens with one attached hydrogen (secondary N) is 1. The highest BCUT2D eigenvalue weighted by Crippen LogP contribution is 2.23. The highest BCUT2D eigenvalue weighted by Gasteiger charge is 2.27. The number of carbonyl (C=O) groups is 1. The zero-order valence-corrected chi connectivity index (χ0v) is 16.5. The fourth-order valence-electron chi connectivity index (χ4n) is 2.53. The minimum Gasteiger partial charge on any atom is -0.379 e. The standard InChI is InChI=1S/C16H18ClN3O4S2/c1-11-19-12(10-25-11)9-18-16(21)14-8-13(2-3-15(14)17)26(22,23)20-4-6-24-7-5-20/h2-3,8,10H,4-7,9H2,1H3,(H,18,21). The molecule has 10 heteroatoms. The first kappa shape index (κ1) is 19.2. The van der Waals surface area contributed by atoms with Gasteiger partial charge in [0.05, 0.1) is 45.9 Å². The molecule has 2 heterocycles. The molecular formula is C16H18ClN3O4S2. The van der Waals surface area contributed by atoms with Gasteiger partial charge in [0.2, 0.25) is 10.0 Å². The topological polar surface area (TPSA) is 88.6 Å². The van der Waals surface area contributed by atoms with Crippen molar-refractivity contribution in [1.82, 2.24) is 14.6 Å². The van der Waals surface area contributed by atoms with Crippen molar-refractivity contribution >= 4 is 38.9 Å². The van der Waals surface area contributed by atoms with Gasteiger partial charge >= 0.3 is 0 Å². The Bertz CT molecular complexity index is 908. The van der Waals surface area contributed by atoms with E-state index in [0.717, 1.165) is 10.7 Å². The summed E-state index contributed by atoms with van der Waals surface area (Å²) in [5, 5.41) is 5.68. The van der Waals surface area contributed by atoms with E-state index in [1.807, 2.05) is 12.3 Å². The molecule has 26 heavy (non-hydrogen) atoms. The third-order valence-corrected chi connectivity index (χ3v) is 6.93. The molecular weight excluding hydrogens is 398 g/mol. The normalized spacial score (nSPS) is 15.8. The molecule has 1 amide bonds. The lowest BCUT2D eigenvalue weighted by atomic mass is 10.2. The van der Waals surface area contributed by atoms with E-state index >= 15 is 0 Å².